The number of benzene rings is 2. The summed E-state index contributed by atoms with van der Waals surface area (Å²) in [5.41, 5.74) is 4.66. The SMILES string of the molecule is CC1=C(C(=O)Nc2cc(C)ccn2)C(c2cccc(Oc3ccccc3)c2)C2=C(CCCC2=O)N1. The van der Waals surface area contributed by atoms with Crippen LogP contribution in [0.15, 0.2) is 95.5 Å². The van der Waals surface area contributed by atoms with Crippen LogP contribution in [0.5, 0.6) is 11.5 Å². The fraction of sp³-hybridized carbons (Fsp3) is 0.207. The lowest BCUT2D eigenvalue weighted by Gasteiger charge is -2.34. The standard InChI is InChI=1S/C29H27N3O3/c1-18-14-15-30-25(16-18)32-29(34)26-19(2)31-23-12-7-13-24(33)28(23)27(26)20-8-6-11-22(17-20)35-21-9-4-3-5-10-21/h3-6,8-11,14-17,27,31H,7,12-13H2,1-2H3,(H,30,32,34). The van der Waals surface area contributed by atoms with E-state index in [1.54, 1.807) is 6.20 Å². The number of carbonyl (C=O) groups is 2. The van der Waals surface area contributed by atoms with Gasteiger partial charge in [0.1, 0.15) is 17.3 Å². The van der Waals surface area contributed by atoms with Crippen molar-refractivity contribution in [2.24, 2.45) is 0 Å². The van der Waals surface area contributed by atoms with Crippen LogP contribution in [0.4, 0.5) is 5.82 Å². The minimum atomic E-state index is -0.497. The highest BCUT2D eigenvalue weighted by molar-refractivity contribution is 6.09. The van der Waals surface area contributed by atoms with E-state index in [0.717, 1.165) is 41.1 Å². The van der Waals surface area contributed by atoms with Gasteiger partial charge in [-0.25, -0.2) is 4.98 Å². The third-order valence-corrected chi connectivity index (χ3v) is 6.35. The van der Waals surface area contributed by atoms with Gasteiger partial charge in [0.2, 0.25) is 0 Å². The minimum Gasteiger partial charge on any atom is -0.457 e. The summed E-state index contributed by atoms with van der Waals surface area (Å²) in [5, 5.41) is 6.29. The first-order valence-corrected chi connectivity index (χ1v) is 11.8. The topological polar surface area (TPSA) is 80.3 Å². The lowest BCUT2D eigenvalue weighted by Crippen LogP contribution is -2.35. The fourth-order valence-corrected chi connectivity index (χ4v) is 4.79. The molecule has 1 aliphatic heterocycles. The zero-order valence-electron chi connectivity index (χ0n) is 19.8. The molecule has 2 heterocycles. The molecule has 0 fully saturated rings. The number of carbonyl (C=O) groups excluding carboxylic acids is 2. The Morgan fingerprint density at radius 2 is 1.80 bits per heavy atom. The summed E-state index contributed by atoms with van der Waals surface area (Å²) >= 11 is 0. The maximum atomic E-state index is 13.6. The summed E-state index contributed by atoms with van der Waals surface area (Å²) < 4.78 is 6.06. The second kappa shape index (κ2) is 9.58. The predicted octanol–water partition coefficient (Wildman–Crippen LogP) is 5.79. The van der Waals surface area contributed by atoms with Crippen molar-refractivity contribution in [1.29, 1.82) is 0 Å². The molecule has 1 atom stereocenters. The zero-order valence-corrected chi connectivity index (χ0v) is 19.8. The van der Waals surface area contributed by atoms with Crippen molar-refractivity contribution < 1.29 is 14.3 Å². The molecule has 3 aromatic rings. The Balaban J connectivity index is 1.56. The number of dihydropyridines is 1. The number of Topliss-reactive ketones (excluding diaryl/α,β-unsaturated/α-hetero) is 1. The molecule has 0 saturated carbocycles. The van der Waals surface area contributed by atoms with Crippen LogP contribution in [-0.4, -0.2) is 16.7 Å². The summed E-state index contributed by atoms with van der Waals surface area (Å²) in [6.07, 6.45) is 3.73. The van der Waals surface area contributed by atoms with E-state index in [0.29, 0.717) is 29.1 Å². The molecule has 2 aromatic carbocycles. The second-order valence-electron chi connectivity index (χ2n) is 8.93. The van der Waals surface area contributed by atoms with Gasteiger partial charge in [0.05, 0.1) is 0 Å². The van der Waals surface area contributed by atoms with Crippen LogP contribution < -0.4 is 15.4 Å². The fourth-order valence-electron chi connectivity index (χ4n) is 4.79. The third-order valence-electron chi connectivity index (χ3n) is 6.35. The molecule has 176 valence electrons. The van der Waals surface area contributed by atoms with Crippen molar-refractivity contribution in [3.8, 4) is 11.5 Å². The highest BCUT2D eigenvalue weighted by atomic mass is 16.5. The lowest BCUT2D eigenvalue weighted by atomic mass is 9.75. The molecule has 5 rings (SSSR count). The first-order chi connectivity index (χ1) is 17.0. The van der Waals surface area contributed by atoms with Gasteiger partial charge in [0, 0.05) is 41.1 Å². The third kappa shape index (κ3) is 4.73. The smallest absolute Gasteiger partial charge is 0.255 e. The van der Waals surface area contributed by atoms with E-state index >= 15 is 0 Å². The number of hydrogen-bond acceptors (Lipinski definition) is 5. The summed E-state index contributed by atoms with van der Waals surface area (Å²) in [5.74, 6) is 1.14. The Morgan fingerprint density at radius 1 is 1.00 bits per heavy atom. The number of amides is 1. The van der Waals surface area contributed by atoms with Crippen LogP contribution in [-0.2, 0) is 9.59 Å². The normalized spacial score (nSPS) is 17.5. The molecule has 2 aliphatic rings. The maximum Gasteiger partial charge on any atom is 0.255 e. The Kier molecular flexibility index (Phi) is 6.19. The van der Waals surface area contributed by atoms with E-state index in [1.165, 1.54) is 0 Å². The van der Waals surface area contributed by atoms with E-state index in [1.807, 2.05) is 80.6 Å². The molecule has 35 heavy (non-hydrogen) atoms. The number of hydrogen-bond donors (Lipinski definition) is 2. The Morgan fingerprint density at radius 3 is 2.60 bits per heavy atom. The van der Waals surface area contributed by atoms with Crippen LogP contribution in [0.3, 0.4) is 0 Å². The van der Waals surface area contributed by atoms with E-state index in [2.05, 4.69) is 15.6 Å². The molecule has 0 saturated heterocycles. The Hall–Kier alpha value is -4.19. The number of ketones is 1. The summed E-state index contributed by atoms with van der Waals surface area (Å²) in [4.78, 5) is 31.1. The zero-order chi connectivity index (χ0) is 24.4. The number of nitrogens with zero attached hydrogens (tertiary/aromatic N) is 1. The lowest BCUT2D eigenvalue weighted by molar-refractivity contribution is -0.116. The summed E-state index contributed by atoms with van der Waals surface area (Å²) in [6.45, 7) is 3.83. The Bertz CT molecular complexity index is 1360. The predicted molar refractivity (Wildman–Crippen MR) is 135 cm³/mol. The highest BCUT2D eigenvalue weighted by Gasteiger charge is 2.38. The van der Waals surface area contributed by atoms with E-state index in [-0.39, 0.29) is 11.7 Å². The van der Waals surface area contributed by atoms with Crippen molar-refractivity contribution in [2.45, 2.75) is 39.0 Å². The molecule has 1 aliphatic carbocycles. The number of aromatic nitrogens is 1. The van der Waals surface area contributed by atoms with Crippen LogP contribution in [0.2, 0.25) is 0 Å². The number of pyridine rings is 1. The van der Waals surface area contributed by atoms with Crippen molar-refractivity contribution >= 4 is 17.5 Å². The van der Waals surface area contributed by atoms with Crippen LogP contribution in [0.1, 0.15) is 43.2 Å². The molecule has 6 nitrogen and oxygen atoms in total. The van der Waals surface area contributed by atoms with Crippen molar-refractivity contribution in [1.82, 2.24) is 10.3 Å². The second-order valence-corrected chi connectivity index (χ2v) is 8.93. The minimum absolute atomic E-state index is 0.0737. The molecule has 2 N–H and O–H groups in total. The molecule has 1 unspecified atom stereocenters. The average Bonchev–Trinajstić information content (AvgIpc) is 2.84. The van der Waals surface area contributed by atoms with Crippen LogP contribution >= 0.6 is 0 Å². The number of rotatable bonds is 5. The van der Waals surface area contributed by atoms with Crippen molar-refractivity contribution in [3.05, 3.63) is 107 Å². The van der Waals surface area contributed by atoms with Gasteiger partial charge in [0.15, 0.2) is 5.78 Å². The number of anilines is 1. The van der Waals surface area contributed by atoms with Gasteiger partial charge in [-0.15, -0.1) is 0 Å². The van der Waals surface area contributed by atoms with Gasteiger partial charge in [-0.2, -0.15) is 0 Å². The molecule has 6 heteroatoms. The monoisotopic (exact) mass is 465 g/mol. The van der Waals surface area contributed by atoms with E-state index in [4.69, 9.17) is 4.74 Å². The molecule has 0 spiro atoms. The molecule has 0 bridgehead atoms. The van der Waals surface area contributed by atoms with Gasteiger partial charge in [-0.05, 0) is 74.2 Å². The van der Waals surface area contributed by atoms with E-state index in [9.17, 15) is 9.59 Å². The average molecular weight is 466 g/mol. The number of aryl methyl sites for hydroxylation is 1. The van der Waals surface area contributed by atoms with Crippen LogP contribution in [0.25, 0.3) is 0 Å². The number of nitrogens with one attached hydrogen (secondary N) is 2. The van der Waals surface area contributed by atoms with E-state index < -0.39 is 5.92 Å². The van der Waals surface area contributed by atoms with Crippen molar-refractivity contribution in [3.63, 3.8) is 0 Å². The van der Waals surface area contributed by atoms with Gasteiger partial charge in [0.25, 0.3) is 5.91 Å². The Labute approximate surface area is 204 Å². The van der Waals surface area contributed by atoms with Crippen LogP contribution in [0, 0.1) is 6.92 Å². The first kappa shape index (κ1) is 22.6. The maximum absolute atomic E-state index is 13.6. The molecular formula is C29H27N3O3. The molecule has 1 aromatic heterocycles. The van der Waals surface area contributed by atoms with Crippen molar-refractivity contribution in [2.75, 3.05) is 5.32 Å². The highest BCUT2D eigenvalue weighted by Crippen LogP contribution is 2.43. The first-order valence-electron chi connectivity index (χ1n) is 11.8. The number of para-hydroxylation sites is 1. The number of ether oxygens (including phenoxy) is 1. The molecular weight excluding hydrogens is 438 g/mol. The molecule has 1 amide bonds. The summed E-state index contributed by atoms with van der Waals surface area (Å²) in [6, 6.07) is 20.9. The van der Waals surface area contributed by atoms with Gasteiger partial charge in [-0.1, -0.05) is 30.3 Å². The van der Waals surface area contributed by atoms with Gasteiger partial charge >= 0.3 is 0 Å². The largest absolute Gasteiger partial charge is 0.457 e. The van der Waals surface area contributed by atoms with Gasteiger partial charge < -0.3 is 15.4 Å². The summed E-state index contributed by atoms with van der Waals surface area (Å²) in [7, 11) is 0. The number of allylic oxidation sites excluding steroid dienone is 3. The van der Waals surface area contributed by atoms with Gasteiger partial charge in [-0.3, -0.25) is 9.59 Å². The quantitative estimate of drug-likeness (QED) is 0.499. The molecule has 0 radical (unpaired) electrons.